The van der Waals surface area contributed by atoms with Gasteiger partial charge in [-0.3, -0.25) is 9.51 Å². The summed E-state index contributed by atoms with van der Waals surface area (Å²) in [5.41, 5.74) is 5.68. The van der Waals surface area contributed by atoms with Crippen molar-refractivity contribution in [2.45, 2.75) is 38.1 Å². The Bertz CT molecular complexity index is 360. The van der Waals surface area contributed by atoms with E-state index in [0.29, 0.717) is 11.7 Å². The number of aromatic amines is 1. The van der Waals surface area contributed by atoms with Crippen LogP contribution in [0, 0.1) is 5.92 Å². The zero-order valence-corrected chi connectivity index (χ0v) is 8.25. The molecule has 0 aliphatic heterocycles. The van der Waals surface area contributed by atoms with Gasteiger partial charge in [-0.15, -0.1) is 0 Å². The second-order valence-corrected chi connectivity index (χ2v) is 4.28. The van der Waals surface area contributed by atoms with Gasteiger partial charge in [0.2, 0.25) is 0 Å². The Morgan fingerprint density at radius 1 is 1.57 bits per heavy atom. The molecule has 0 saturated heterocycles. The highest BCUT2D eigenvalue weighted by atomic mass is 16.5. The number of nitrogens with one attached hydrogen (secondary N) is 1. The third kappa shape index (κ3) is 1.59. The van der Waals surface area contributed by atoms with Crippen molar-refractivity contribution in [3.63, 3.8) is 0 Å². The summed E-state index contributed by atoms with van der Waals surface area (Å²) in [6.45, 7) is 2.21. The number of nitrogens with zero attached hydrogens (tertiary/aromatic N) is 1. The summed E-state index contributed by atoms with van der Waals surface area (Å²) in [4.78, 5) is 13.3. The molecule has 1 heterocycles. The van der Waals surface area contributed by atoms with Crippen LogP contribution < -0.4 is 11.5 Å². The molecule has 0 atom stereocenters. The van der Waals surface area contributed by atoms with E-state index in [9.17, 15) is 4.79 Å². The molecule has 0 bridgehead atoms. The third-order valence-electron chi connectivity index (χ3n) is 3.08. The van der Waals surface area contributed by atoms with E-state index in [4.69, 9.17) is 5.73 Å². The lowest BCUT2D eigenvalue weighted by Gasteiger charge is -2.33. The number of hydrogen-bond acceptors (Lipinski definition) is 4. The smallest absolute Gasteiger partial charge is 0.319 e. The zero-order valence-electron chi connectivity index (χ0n) is 8.25. The summed E-state index contributed by atoms with van der Waals surface area (Å²) >= 11 is 0. The highest BCUT2D eigenvalue weighted by molar-refractivity contribution is 5.03. The fourth-order valence-electron chi connectivity index (χ4n) is 1.96. The van der Waals surface area contributed by atoms with Crippen molar-refractivity contribution >= 4 is 0 Å². The molecular weight excluding hydrogens is 182 g/mol. The highest BCUT2D eigenvalue weighted by Crippen LogP contribution is 2.35. The minimum atomic E-state index is -0.525. The van der Waals surface area contributed by atoms with Gasteiger partial charge in [-0.2, -0.15) is 0 Å². The van der Waals surface area contributed by atoms with Gasteiger partial charge in [-0.1, -0.05) is 12.1 Å². The Hall–Kier alpha value is -1.10. The van der Waals surface area contributed by atoms with Gasteiger partial charge in [0.1, 0.15) is 0 Å². The molecule has 1 saturated carbocycles. The second kappa shape index (κ2) is 3.24. The van der Waals surface area contributed by atoms with Crippen LogP contribution in [0.3, 0.4) is 0 Å². The van der Waals surface area contributed by atoms with Crippen LogP contribution in [-0.4, -0.2) is 10.1 Å². The minimum Gasteiger partial charge on any atom is -0.319 e. The highest BCUT2D eigenvalue weighted by Gasteiger charge is 2.35. The van der Waals surface area contributed by atoms with Crippen LogP contribution in [0.25, 0.3) is 0 Å². The van der Waals surface area contributed by atoms with Crippen LogP contribution in [0.15, 0.2) is 9.32 Å². The Balaban J connectivity index is 2.20. The van der Waals surface area contributed by atoms with Crippen LogP contribution >= 0.6 is 0 Å². The number of H-pyrrole nitrogens is 1. The van der Waals surface area contributed by atoms with E-state index >= 15 is 0 Å². The van der Waals surface area contributed by atoms with Crippen molar-refractivity contribution < 1.29 is 4.52 Å². The van der Waals surface area contributed by atoms with Crippen LogP contribution in [0.4, 0.5) is 0 Å². The van der Waals surface area contributed by atoms with E-state index in [2.05, 4.69) is 21.6 Å². The Kier molecular flexibility index (Phi) is 2.19. The standard InChI is InChI=1S/C9H15N3O2/c1-6-2-4-9(10,5-3-6)7-11-8(13)14-12-7/h6H,2-5,10H2,1H3,(H,11,12,13). The molecule has 14 heavy (non-hydrogen) atoms. The molecule has 2 rings (SSSR count). The van der Waals surface area contributed by atoms with Gasteiger partial charge in [0.25, 0.3) is 0 Å². The Labute approximate surface area is 81.7 Å². The number of rotatable bonds is 1. The molecule has 0 amide bonds. The molecule has 1 aliphatic rings. The first-order chi connectivity index (χ1) is 6.60. The lowest BCUT2D eigenvalue weighted by atomic mass is 9.77. The van der Waals surface area contributed by atoms with Crippen LogP contribution in [0.1, 0.15) is 38.4 Å². The van der Waals surface area contributed by atoms with Crippen molar-refractivity contribution in [2.24, 2.45) is 11.7 Å². The summed E-state index contributed by atoms with van der Waals surface area (Å²) in [7, 11) is 0. The monoisotopic (exact) mass is 197 g/mol. The Morgan fingerprint density at radius 2 is 2.21 bits per heavy atom. The number of aromatic nitrogens is 2. The first-order valence-electron chi connectivity index (χ1n) is 4.95. The molecule has 1 aliphatic carbocycles. The fraction of sp³-hybridized carbons (Fsp3) is 0.778. The van der Waals surface area contributed by atoms with Crippen molar-refractivity contribution in [2.75, 3.05) is 0 Å². The molecule has 0 radical (unpaired) electrons. The molecule has 1 aromatic rings. The topological polar surface area (TPSA) is 84.9 Å². The van der Waals surface area contributed by atoms with Gasteiger partial charge in [0, 0.05) is 0 Å². The molecule has 3 N–H and O–H groups in total. The van der Waals surface area contributed by atoms with Gasteiger partial charge >= 0.3 is 5.76 Å². The molecule has 0 aromatic carbocycles. The lowest BCUT2D eigenvalue weighted by molar-refractivity contribution is 0.230. The van der Waals surface area contributed by atoms with E-state index < -0.39 is 11.3 Å². The van der Waals surface area contributed by atoms with Gasteiger partial charge in [0.05, 0.1) is 5.54 Å². The van der Waals surface area contributed by atoms with Gasteiger partial charge < -0.3 is 5.73 Å². The average Bonchev–Trinajstić information content (AvgIpc) is 2.58. The number of nitrogens with two attached hydrogens (primary N) is 1. The summed E-state index contributed by atoms with van der Waals surface area (Å²) in [6.07, 6.45) is 3.87. The fourth-order valence-corrected chi connectivity index (χ4v) is 1.96. The first kappa shape index (κ1) is 9.45. The first-order valence-corrected chi connectivity index (χ1v) is 4.95. The van der Waals surface area contributed by atoms with Crippen molar-refractivity contribution in [3.8, 4) is 0 Å². The van der Waals surface area contributed by atoms with Gasteiger partial charge in [-0.25, -0.2) is 4.79 Å². The molecule has 1 fully saturated rings. The summed E-state index contributed by atoms with van der Waals surface area (Å²) < 4.78 is 4.47. The van der Waals surface area contributed by atoms with Crippen molar-refractivity contribution in [1.82, 2.24) is 10.1 Å². The van der Waals surface area contributed by atoms with Crippen LogP contribution in [0.5, 0.6) is 0 Å². The SMILES string of the molecule is CC1CCC(N)(c2noc(=O)[nH]2)CC1. The third-order valence-corrected chi connectivity index (χ3v) is 3.08. The number of hydrogen-bond donors (Lipinski definition) is 2. The van der Waals surface area contributed by atoms with Crippen molar-refractivity contribution in [3.05, 3.63) is 16.4 Å². The maximum absolute atomic E-state index is 10.8. The minimum absolute atomic E-state index is 0.487. The lowest BCUT2D eigenvalue weighted by Crippen LogP contribution is -2.41. The summed E-state index contributed by atoms with van der Waals surface area (Å²) in [5, 5.41) is 3.67. The van der Waals surface area contributed by atoms with Crippen molar-refractivity contribution in [1.29, 1.82) is 0 Å². The van der Waals surface area contributed by atoms with Gasteiger partial charge in [0.15, 0.2) is 5.82 Å². The van der Waals surface area contributed by atoms with Gasteiger partial charge in [-0.05, 0) is 31.6 Å². The summed E-state index contributed by atoms with van der Waals surface area (Å²) in [5.74, 6) is 0.683. The molecule has 0 spiro atoms. The molecule has 5 nitrogen and oxygen atoms in total. The molecule has 1 aromatic heterocycles. The zero-order chi connectivity index (χ0) is 10.2. The quantitative estimate of drug-likeness (QED) is 0.695. The van der Waals surface area contributed by atoms with Crippen LogP contribution in [0.2, 0.25) is 0 Å². The van der Waals surface area contributed by atoms with E-state index in [1.165, 1.54) is 0 Å². The van der Waals surface area contributed by atoms with E-state index in [1.54, 1.807) is 0 Å². The second-order valence-electron chi connectivity index (χ2n) is 4.28. The predicted molar refractivity (Wildman–Crippen MR) is 50.6 cm³/mol. The maximum atomic E-state index is 10.8. The maximum Gasteiger partial charge on any atom is 0.438 e. The summed E-state index contributed by atoms with van der Waals surface area (Å²) in [6, 6.07) is 0. The van der Waals surface area contributed by atoms with Crippen LogP contribution in [-0.2, 0) is 5.54 Å². The average molecular weight is 197 g/mol. The molecule has 5 heteroatoms. The normalized spacial score (nSPS) is 33.1. The largest absolute Gasteiger partial charge is 0.438 e. The molecule has 0 unspecified atom stereocenters. The Morgan fingerprint density at radius 3 is 2.71 bits per heavy atom. The van der Waals surface area contributed by atoms with E-state index in [-0.39, 0.29) is 0 Å². The predicted octanol–water partition coefficient (Wildman–Crippen LogP) is 0.727. The van der Waals surface area contributed by atoms with E-state index in [1.807, 2.05) is 0 Å². The van der Waals surface area contributed by atoms with E-state index in [0.717, 1.165) is 25.7 Å². The molecular formula is C9H15N3O2. The molecule has 78 valence electrons.